The average Bonchev–Trinajstić information content (AvgIpc) is 3.98. The molecule has 13 rings (SSSR count). The first-order valence-electron chi connectivity index (χ1n) is 23.6. The van der Waals surface area contributed by atoms with Crippen molar-refractivity contribution in [3.8, 4) is 61.3 Å². The van der Waals surface area contributed by atoms with Crippen molar-refractivity contribution in [3.05, 3.63) is 267 Å². The number of rotatable bonds is 9. The molecular weight excluding hydrogens is 837 g/mol. The van der Waals surface area contributed by atoms with Crippen LogP contribution in [0.2, 0.25) is 0 Å². The summed E-state index contributed by atoms with van der Waals surface area (Å²) in [5.74, 6) is 0. The van der Waals surface area contributed by atoms with E-state index in [1.54, 1.807) is 0 Å². The molecule has 0 atom stereocenters. The van der Waals surface area contributed by atoms with Gasteiger partial charge in [-0.25, -0.2) is 0 Å². The summed E-state index contributed by atoms with van der Waals surface area (Å²) in [6.07, 6.45) is 0. The Bertz CT molecular complexity index is 4000. The lowest BCUT2D eigenvalue weighted by atomic mass is 9.88. The van der Waals surface area contributed by atoms with Crippen molar-refractivity contribution in [3.63, 3.8) is 0 Å². The number of para-hydroxylation sites is 5. The van der Waals surface area contributed by atoms with Crippen LogP contribution in [0.5, 0.6) is 0 Å². The number of fused-ring (bicyclic) bond motifs is 6. The molecule has 0 fully saturated rings. The van der Waals surface area contributed by atoms with Gasteiger partial charge in [-0.2, -0.15) is 0 Å². The molecule has 0 saturated heterocycles. The summed E-state index contributed by atoms with van der Waals surface area (Å²) in [6.45, 7) is 0. The lowest BCUT2D eigenvalue weighted by Gasteiger charge is -2.29. The maximum atomic E-state index is 6.51. The quantitative estimate of drug-likeness (QED) is 0.144. The van der Waals surface area contributed by atoms with Crippen molar-refractivity contribution in [1.82, 2.24) is 4.57 Å². The van der Waals surface area contributed by atoms with Crippen molar-refractivity contribution in [2.45, 2.75) is 0 Å². The van der Waals surface area contributed by atoms with E-state index >= 15 is 0 Å². The molecule has 0 amide bonds. The predicted molar refractivity (Wildman–Crippen MR) is 290 cm³/mol. The van der Waals surface area contributed by atoms with Gasteiger partial charge in [-0.05, 0) is 105 Å². The molecular formula is C66H44N2O. The number of furan rings is 1. The SMILES string of the molecule is c1ccc(-c2ccccc2-c2ccccc2-c2ccccc2N(c2ccc(-c3cccc4c3oc3ccccc34)cc2)c2ccc(-c3cccc4c3c3ccccc3n4-c3ccccc3)cc2)cc1. The van der Waals surface area contributed by atoms with Crippen LogP contribution in [0, 0.1) is 0 Å². The molecule has 0 radical (unpaired) electrons. The number of hydrogen-bond donors (Lipinski definition) is 0. The minimum absolute atomic E-state index is 0.896. The molecule has 13 aromatic rings. The fourth-order valence-corrected chi connectivity index (χ4v) is 10.5. The van der Waals surface area contributed by atoms with Gasteiger partial charge in [-0.15, -0.1) is 0 Å². The minimum Gasteiger partial charge on any atom is -0.455 e. The first-order chi connectivity index (χ1) is 34.3. The smallest absolute Gasteiger partial charge is 0.143 e. The number of anilines is 3. The molecule has 3 nitrogen and oxygen atoms in total. The van der Waals surface area contributed by atoms with Gasteiger partial charge in [0, 0.05) is 49.7 Å². The highest BCUT2D eigenvalue weighted by Crippen LogP contribution is 2.47. The zero-order chi connectivity index (χ0) is 45.7. The standard InChI is InChI=1S/C66H44N2O/c1-3-19-45(20-4-1)51-23-7-8-24-54(51)55-25-9-10-26-56(55)57-27-11-14-33-61(57)67(50-43-39-47(40-44-50)53-31-17-32-59-58-28-13-16-36-64(58)69-66(53)59)49-41-37-46(38-42-49)52-30-18-35-63-65(52)60-29-12-15-34-62(60)68(63)48-21-5-2-6-22-48/h1-44H. The van der Waals surface area contributed by atoms with Crippen LogP contribution in [0.15, 0.2) is 271 Å². The van der Waals surface area contributed by atoms with Crippen LogP contribution < -0.4 is 4.90 Å². The summed E-state index contributed by atoms with van der Waals surface area (Å²) in [4.78, 5) is 2.41. The summed E-state index contributed by atoms with van der Waals surface area (Å²) in [5, 5.41) is 4.73. The molecule has 69 heavy (non-hydrogen) atoms. The van der Waals surface area contributed by atoms with E-state index in [1.807, 2.05) is 12.1 Å². The van der Waals surface area contributed by atoms with Gasteiger partial charge in [0.1, 0.15) is 11.2 Å². The Morgan fingerprint density at radius 2 is 0.754 bits per heavy atom. The van der Waals surface area contributed by atoms with Gasteiger partial charge in [-0.3, -0.25) is 0 Å². The van der Waals surface area contributed by atoms with Crippen LogP contribution in [0.1, 0.15) is 0 Å². The highest BCUT2D eigenvalue weighted by molar-refractivity contribution is 6.16. The predicted octanol–water partition coefficient (Wildman–Crippen LogP) is 18.5. The van der Waals surface area contributed by atoms with Crippen molar-refractivity contribution >= 4 is 60.8 Å². The summed E-state index contributed by atoms with van der Waals surface area (Å²) in [6, 6.07) is 96.0. The fraction of sp³-hybridized carbons (Fsp3) is 0. The average molecular weight is 881 g/mol. The van der Waals surface area contributed by atoms with Gasteiger partial charge in [-0.1, -0.05) is 206 Å². The third-order valence-electron chi connectivity index (χ3n) is 13.7. The molecule has 11 aromatic carbocycles. The zero-order valence-corrected chi connectivity index (χ0v) is 37.7. The number of hydrogen-bond acceptors (Lipinski definition) is 2. The largest absolute Gasteiger partial charge is 0.455 e. The normalized spacial score (nSPS) is 11.5. The summed E-state index contributed by atoms with van der Waals surface area (Å²) >= 11 is 0. The van der Waals surface area contributed by atoms with E-state index in [0.29, 0.717) is 0 Å². The Kier molecular flexibility index (Phi) is 9.84. The second-order valence-electron chi connectivity index (χ2n) is 17.6. The van der Waals surface area contributed by atoms with Gasteiger partial charge in [0.2, 0.25) is 0 Å². The van der Waals surface area contributed by atoms with E-state index in [4.69, 9.17) is 4.42 Å². The highest BCUT2D eigenvalue weighted by Gasteiger charge is 2.22. The van der Waals surface area contributed by atoms with Crippen LogP contribution in [0.4, 0.5) is 17.1 Å². The van der Waals surface area contributed by atoms with Crippen LogP contribution in [0.25, 0.3) is 105 Å². The Hall–Kier alpha value is -9.18. The lowest BCUT2D eigenvalue weighted by Crippen LogP contribution is -2.11. The molecule has 0 spiro atoms. The summed E-state index contributed by atoms with van der Waals surface area (Å²) < 4.78 is 8.90. The van der Waals surface area contributed by atoms with Gasteiger partial charge in [0.05, 0.1) is 16.7 Å². The van der Waals surface area contributed by atoms with Crippen molar-refractivity contribution in [2.24, 2.45) is 0 Å². The van der Waals surface area contributed by atoms with E-state index < -0.39 is 0 Å². The second kappa shape index (κ2) is 16.9. The van der Waals surface area contributed by atoms with Crippen LogP contribution in [-0.2, 0) is 0 Å². The minimum atomic E-state index is 0.896. The first-order valence-corrected chi connectivity index (χ1v) is 23.6. The van der Waals surface area contributed by atoms with E-state index in [2.05, 4.69) is 264 Å². The van der Waals surface area contributed by atoms with E-state index in [9.17, 15) is 0 Å². The Balaban J connectivity index is 0.972. The van der Waals surface area contributed by atoms with Gasteiger partial charge in [0.15, 0.2) is 0 Å². The molecule has 0 bridgehead atoms. The summed E-state index contributed by atoms with van der Waals surface area (Å²) in [7, 11) is 0. The van der Waals surface area contributed by atoms with Crippen molar-refractivity contribution in [1.29, 1.82) is 0 Å². The van der Waals surface area contributed by atoms with Gasteiger partial charge >= 0.3 is 0 Å². The molecule has 0 aliphatic carbocycles. The fourth-order valence-electron chi connectivity index (χ4n) is 10.5. The van der Waals surface area contributed by atoms with Crippen LogP contribution in [0.3, 0.4) is 0 Å². The Morgan fingerprint density at radius 1 is 0.290 bits per heavy atom. The van der Waals surface area contributed by atoms with Gasteiger partial charge in [0.25, 0.3) is 0 Å². The molecule has 0 aliphatic heterocycles. The molecule has 0 aliphatic rings. The van der Waals surface area contributed by atoms with E-state index in [0.717, 1.165) is 72.5 Å². The third kappa shape index (κ3) is 6.91. The molecule has 2 aromatic heterocycles. The maximum absolute atomic E-state index is 6.51. The highest BCUT2D eigenvalue weighted by atomic mass is 16.3. The first kappa shape index (κ1) is 40.1. The number of aromatic nitrogens is 1. The molecule has 0 saturated carbocycles. The van der Waals surface area contributed by atoms with Crippen molar-refractivity contribution in [2.75, 3.05) is 4.90 Å². The maximum Gasteiger partial charge on any atom is 0.143 e. The Labute approximate surface area is 401 Å². The lowest BCUT2D eigenvalue weighted by molar-refractivity contribution is 0.670. The third-order valence-corrected chi connectivity index (χ3v) is 13.7. The van der Waals surface area contributed by atoms with E-state index in [1.165, 1.54) is 49.6 Å². The second-order valence-corrected chi connectivity index (χ2v) is 17.6. The van der Waals surface area contributed by atoms with Crippen LogP contribution >= 0.6 is 0 Å². The van der Waals surface area contributed by atoms with E-state index in [-0.39, 0.29) is 0 Å². The van der Waals surface area contributed by atoms with Crippen LogP contribution in [-0.4, -0.2) is 4.57 Å². The molecule has 0 N–H and O–H groups in total. The number of benzene rings is 11. The Morgan fingerprint density at radius 3 is 1.48 bits per heavy atom. The molecule has 3 heteroatoms. The van der Waals surface area contributed by atoms with Crippen molar-refractivity contribution < 1.29 is 4.42 Å². The monoisotopic (exact) mass is 880 g/mol. The van der Waals surface area contributed by atoms with Gasteiger partial charge < -0.3 is 13.9 Å². The molecule has 0 unspecified atom stereocenters. The number of nitrogens with zero attached hydrogens (tertiary/aromatic N) is 2. The molecule has 2 heterocycles. The summed E-state index contributed by atoms with van der Waals surface area (Å²) in [5.41, 5.74) is 20.1. The topological polar surface area (TPSA) is 21.3 Å². The zero-order valence-electron chi connectivity index (χ0n) is 37.7. The molecule has 324 valence electrons.